The molecule has 0 aliphatic carbocycles. The molecule has 0 saturated carbocycles. The fourth-order valence-electron chi connectivity index (χ4n) is 2.69. The van der Waals surface area contributed by atoms with E-state index in [0.717, 1.165) is 0 Å². The number of urea groups is 1. The number of rotatable bonds is 4. The van der Waals surface area contributed by atoms with Crippen LogP contribution in [0, 0.1) is 5.82 Å². The Kier molecular flexibility index (Phi) is 5.05. The zero-order valence-electron chi connectivity index (χ0n) is 13.5. The van der Waals surface area contributed by atoms with Crippen LogP contribution in [0.4, 0.5) is 9.18 Å². The number of nitrogens with one attached hydrogen (secondary N) is 1. The molecule has 1 N–H and O–H groups in total. The van der Waals surface area contributed by atoms with Gasteiger partial charge in [-0.15, -0.1) is 10.2 Å². The van der Waals surface area contributed by atoms with Crippen molar-refractivity contribution in [2.45, 2.75) is 12.5 Å². The zero-order valence-corrected chi connectivity index (χ0v) is 13.5. The Morgan fingerprint density at radius 3 is 3.04 bits per heavy atom. The lowest BCUT2D eigenvalue weighted by Gasteiger charge is -2.32. The highest BCUT2D eigenvalue weighted by Gasteiger charge is 2.28. The molecule has 3 rings (SSSR count). The monoisotopic (exact) mass is 333 g/mol. The molecule has 1 aromatic heterocycles. The van der Waals surface area contributed by atoms with Gasteiger partial charge >= 0.3 is 6.03 Å². The highest BCUT2D eigenvalue weighted by atomic mass is 19.1. The number of carbonyl (C=O) groups excluding carboxylic acids is 1. The first-order valence-electron chi connectivity index (χ1n) is 7.87. The summed E-state index contributed by atoms with van der Waals surface area (Å²) in [6.07, 6.45) is 1.77. The molecule has 24 heavy (non-hydrogen) atoms. The molecular formula is C16H20FN5O2. The van der Waals surface area contributed by atoms with Gasteiger partial charge in [-0.2, -0.15) is 0 Å². The van der Waals surface area contributed by atoms with E-state index < -0.39 is 0 Å². The molecule has 8 heteroatoms. The van der Waals surface area contributed by atoms with Crippen molar-refractivity contribution < 1.29 is 13.9 Å². The third-order valence-corrected chi connectivity index (χ3v) is 4.02. The standard InChI is InChI=1S/C16H20FN5O2/c1-21-11-19-20-15(21)14-10-22(8-9-24-14)16(23)18-7-6-12-4-2-3-5-13(12)17/h2-5,11,14H,6-10H2,1H3,(H,18,23)/t14-/m0/s1. The summed E-state index contributed by atoms with van der Waals surface area (Å²) in [4.78, 5) is 14.0. The van der Waals surface area contributed by atoms with Crippen LogP contribution in [0.15, 0.2) is 30.6 Å². The maximum Gasteiger partial charge on any atom is 0.317 e. The largest absolute Gasteiger partial charge is 0.366 e. The normalized spacial score (nSPS) is 17.8. The lowest BCUT2D eigenvalue weighted by atomic mass is 10.1. The van der Waals surface area contributed by atoms with Crippen molar-refractivity contribution >= 4 is 6.03 Å². The van der Waals surface area contributed by atoms with Crippen molar-refractivity contribution in [1.29, 1.82) is 0 Å². The Morgan fingerprint density at radius 1 is 1.46 bits per heavy atom. The van der Waals surface area contributed by atoms with Gasteiger partial charge < -0.3 is 19.5 Å². The molecule has 2 aromatic rings. The Balaban J connectivity index is 1.51. The maximum atomic E-state index is 13.6. The molecule has 2 amide bonds. The minimum Gasteiger partial charge on any atom is -0.366 e. The van der Waals surface area contributed by atoms with Crippen LogP contribution in [0.3, 0.4) is 0 Å². The summed E-state index contributed by atoms with van der Waals surface area (Å²) in [6, 6.07) is 6.40. The summed E-state index contributed by atoms with van der Waals surface area (Å²) in [5, 5.41) is 10.7. The summed E-state index contributed by atoms with van der Waals surface area (Å²) in [7, 11) is 1.84. The zero-order chi connectivity index (χ0) is 16.9. The molecule has 1 aromatic carbocycles. The number of benzene rings is 1. The van der Waals surface area contributed by atoms with E-state index in [1.165, 1.54) is 6.07 Å². The smallest absolute Gasteiger partial charge is 0.317 e. The molecule has 0 bridgehead atoms. The lowest BCUT2D eigenvalue weighted by Crippen LogP contribution is -2.47. The van der Waals surface area contributed by atoms with Gasteiger partial charge in [0.2, 0.25) is 0 Å². The van der Waals surface area contributed by atoms with Crippen LogP contribution in [0.25, 0.3) is 0 Å². The number of amides is 2. The second-order valence-corrected chi connectivity index (χ2v) is 5.68. The molecule has 1 fully saturated rings. The van der Waals surface area contributed by atoms with Crippen molar-refractivity contribution in [2.75, 3.05) is 26.2 Å². The van der Waals surface area contributed by atoms with Crippen LogP contribution >= 0.6 is 0 Å². The van der Waals surface area contributed by atoms with Gasteiger partial charge in [0.15, 0.2) is 5.82 Å². The van der Waals surface area contributed by atoms with Gasteiger partial charge in [-0.1, -0.05) is 18.2 Å². The van der Waals surface area contributed by atoms with Gasteiger partial charge in [-0.05, 0) is 18.1 Å². The molecule has 1 aliphatic heterocycles. The number of carbonyl (C=O) groups is 1. The lowest BCUT2D eigenvalue weighted by molar-refractivity contribution is -0.0214. The number of morpholine rings is 1. The minimum absolute atomic E-state index is 0.179. The van der Waals surface area contributed by atoms with E-state index in [1.807, 2.05) is 7.05 Å². The van der Waals surface area contributed by atoms with E-state index in [1.54, 1.807) is 34.0 Å². The number of hydrogen-bond acceptors (Lipinski definition) is 4. The SMILES string of the molecule is Cn1cnnc1[C@@H]1CN(C(=O)NCCc2ccccc2F)CCO1. The molecular weight excluding hydrogens is 313 g/mol. The van der Waals surface area contributed by atoms with Crippen molar-refractivity contribution in [3.05, 3.63) is 47.8 Å². The first-order chi connectivity index (χ1) is 11.6. The van der Waals surface area contributed by atoms with Gasteiger partial charge in [-0.3, -0.25) is 0 Å². The number of hydrogen-bond donors (Lipinski definition) is 1. The molecule has 1 atom stereocenters. The van der Waals surface area contributed by atoms with Crippen LogP contribution in [0.1, 0.15) is 17.5 Å². The van der Waals surface area contributed by atoms with Crippen LogP contribution < -0.4 is 5.32 Å². The van der Waals surface area contributed by atoms with Crippen molar-refractivity contribution in [1.82, 2.24) is 25.0 Å². The fourth-order valence-corrected chi connectivity index (χ4v) is 2.69. The molecule has 0 spiro atoms. The summed E-state index contributed by atoms with van der Waals surface area (Å²) < 4.78 is 21.0. The topological polar surface area (TPSA) is 72.3 Å². The van der Waals surface area contributed by atoms with E-state index in [-0.39, 0.29) is 18.0 Å². The Morgan fingerprint density at radius 2 is 2.29 bits per heavy atom. The van der Waals surface area contributed by atoms with Gasteiger partial charge in [0, 0.05) is 20.1 Å². The van der Waals surface area contributed by atoms with E-state index in [0.29, 0.717) is 44.0 Å². The first-order valence-corrected chi connectivity index (χ1v) is 7.87. The Hall–Kier alpha value is -2.48. The third-order valence-electron chi connectivity index (χ3n) is 4.02. The number of aromatic nitrogens is 3. The predicted octanol–water partition coefficient (Wildman–Crippen LogP) is 1.28. The molecule has 1 saturated heterocycles. The van der Waals surface area contributed by atoms with Crippen LogP contribution in [0.2, 0.25) is 0 Å². The number of aryl methyl sites for hydroxylation is 1. The average molecular weight is 333 g/mol. The Bertz CT molecular complexity index is 705. The third kappa shape index (κ3) is 3.70. The number of nitrogens with zero attached hydrogens (tertiary/aromatic N) is 4. The molecule has 0 unspecified atom stereocenters. The van der Waals surface area contributed by atoms with Gasteiger partial charge in [0.1, 0.15) is 18.2 Å². The molecule has 2 heterocycles. The summed E-state index contributed by atoms with van der Waals surface area (Å²) in [5.41, 5.74) is 0.594. The minimum atomic E-state index is -0.288. The average Bonchev–Trinajstić information content (AvgIpc) is 3.03. The highest BCUT2D eigenvalue weighted by Crippen LogP contribution is 2.19. The molecule has 128 valence electrons. The summed E-state index contributed by atoms with van der Waals surface area (Å²) in [6.45, 7) is 1.75. The van der Waals surface area contributed by atoms with Gasteiger partial charge in [0.25, 0.3) is 0 Å². The molecule has 7 nitrogen and oxygen atoms in total. The summed E-state index contributed by atoms with van der Waals surface area (Å²) in [5.74, 6) is 0.444. The first kappa shape index (κ1) is 16.4. The van der Waals surface area contributed by atoms with E-state index >= 15 is 0 Å². The second-order valence-electron chi connectivity index (χ2n) is 5.68. The quantitative estimate of drug-likeness (QED) is 0.915. The van der Waals surface area contributed by atoms with Gasteiger partial charge in [-0.25, -0.2) is 9.18 Å². The summed E-state index contributed by atoms with van der Waals surface area (Å²) >= 11 is 0. The second kappa shape index (κ2) is 7.39. The van der Waals surface area contributed by atoms with Gasteiger partial charge in [0.05, 0.1) is 13.2 Å². The number of halogens is 1. The maximum absolute atomic E-state index is 13.6. The molecule has 1 aliphatic rings. The Labute approximate surface area is 139 Å². The van der Waals surface area contributed by atoms with E-state index in [9.17, 15) is 9.18 Å². The predicted molar refractivity (Wildman–Crippen MR) is 84.8 cm³/mol. The fraction of sp³-hybridized carbons (Fsp3) is 0.438. The van der Waals surface area contributed by atoms with E-state index in [4.69, 9.17) is 4.74 Å². The van der Waals surface area contributed by atoms with E-state index in [2.05, 4.69) is 15.5 Å². The van der Waals surface area contributed by atoms with Crippen molar-refractivity contribution in [3.8, 4) is 0 Å². The van der Waals surface area contributed by atoms with Crippen LogP contribution in [-0.4, -0.2) is 51.9 Å². The molecule has 0 radical (unpaired) electrons. The van der Waals surface area contributed by atoms with Crippen LogP contribution in [-0.2, 0) is 18.2 Å². The van der Waals surface area contributed by atoms with Crippen LogP contribution in [0.5, 0.6) is 0 Å². The van der Waals surface area contributed by atoms with Crippen molar-refractivity contribution in [2.24, 2.45) is 7.05 Å². The highest BCUT2D eigenvalue weighted by molar-refractivity contribution is 5.74. The van der Waals surface area contributed by atoms with Crippen molar-refractivity contribution in [3.63, 3.8) is 0 Å². The number of ether oxygens (including phenoxy) is 1.